The van der Waals surface area contributed by atoms with E-state index in [2.05, 4.69) is 34.2 Å². The van der Waals surface area contributed by atoms with Gasteiger partial charge in [-0.25, -0.2) is 9.78 Å². The van der Waals surface area contributed by atoms with Crippen molar-refractivity contribution in [3.05, 3.63) is 23.9 Å². The van der Waals surface area contributed by atoms with Crippen molar-refractivity contribution >= 4 is 29.5 Å². The van der Waals surface area contributed by atoms with Gasteiger partial charge in [0.2, 0.25) is 5.91 Å². The number of methoxy groups -OCH3 is 1. The van der Waals surface area contributed by atoms with E-state index in [-0.39, 0.29) is 5.91 Å². The number of nitrogens with one attached hydrogen (secondary N) is 2. The van der Waals surface area contributed by atoms with Crippen LogP contribution in [0.25, 0.3) is 6.08 Å². The van der Waals surface area contributed by atoms with Crippen LogP contribution in [0.2, 0.25) is 0 Å². The van der Waals surface area contributed by atoms with Crippen LogP contribution in [-0.4, -0.2) is 30.5 Å². The Morgan fingerprint density at radius 1 is 1.41 bits per heavy atom. The van der Waals surface area contributed by atoms with Gasteiger partial charge < -0.3 is 15.4 Å². The van der Waals surface area contributed by atoms with Gasteiger partial charge in [0.1, 0.15) is 0 Å². The Morgan fingerprint density at radius 3 is 2.73 bits per heavy atom. The predicted molar refractivity (Wildman–Crippen MR) is 87.5 cm³/mol. The van der Waals surface area contributed by atoms with Crippen molar-refractivity contribution < 1.29 is 14.3 Å². The minimum Gasteiger partial charge on any atom is -0.466 e. The molecule has 0 saturated carbocycles. The molecule has 22 heavy (non-hydrogen) atoms. The number of rotatable bonds is 7. The lowest BCUT2D eigenvalue weighted by Crippen LogP contribution is -2.15. The molecule has 0 aliphatic rings. The molecule has 1 rings (SSSR count). The second-order valence-electron chi connectivity index (χ2n) is 5.06. The lowest BCUT2D eigenvalue weighted by Gasteiger charge is -2.15. The third-order valence-corrected chi connectivity index (χ3v) is 3.13. The first-order valence-corrected chi connectivity index (χ1v) is 7.24. The Balaban J connectivity index is 2.96. The molecule has 0 unspecified atom stereocenters. The number of nitrogens with zero attached hydrogens (tertiary/aromatic N) is 1. The molecule has 0 fully saturated rings. The van der Waals surface area contributed by atoms with E-state index in [0.717, 1.165) is 13.0 Å². The largest absolute Gasteiger partial charge is 0.466 e. The molecule has 1 atom stereocenters. The van der Waals surface area contributed by atoms with Crippen LogP contribution in [0.5, 0.6) is 0 Å². The molecular formula is C16H23N3O3. The van der Waals surface area contributed by atoms with Gasteiger partial charge in [0.15, 0.2) is 5.82 Å². The fraction of sp³-hybridized carbons (Fsp3) is 0.438. The molecule has 1 aromatic heterocycles. The fourth-order valence-corrected chi connectivity index (χ4v) is 1.63. The van der Waals surface area contributed by atoms with Gasteiger partial charge in [0, 0.05) is 19.5 Å². The highest BCUT2D eigenvalue weighted by molar-refractivity contribution is 5.92. The summed E-state index contributed by atoms with van der Waals surface area (Å²) in [5, 5.41) is 5.97. The van der Waals surface area contributed by atoms with Crippen molar-refractivity contribution in [1.29, 1.82) is 0 Å². The van der Waals surface area contributed by atoms with Crippen LogP contribution < -0.4 is 10.6 Å². The van der Waals surface area contributed by atoms with Crippen LogP contribution in [0.3, 0.4) is 0 Å². The second kappa shape index (κ2) is 8.81. The summed E-state index contributed by atoms with van der Waals surface area (Å²) < 4.78 is 4.55. The number of hydrogen-bond acceptors (Lipinski definition) is 5. The third-order valence-electron chi connectivity index (χ3n) is 3.13. The van der Waals surface area contributed by atoms with E-state index in [4.69, 9.17) is 0 Å². The van der Waals surface area contributed by atoms with E-state index < -0.39 is 5.97 Å². The standard InChI is InChI=1S/C16H23N3O3/c1-5-11(2)10-17-16-14(18-12(3)20)8-6-13(19-16)7-9-15(21)22-4/h6-9,11H,5,10H2,1-4H3,(H,17,19)(H,18,20)/b9-7+/t11-/m0/s1. The Kier molecular flexibility index (Phi) is 7.08. The molecule has 2 N–H and O–H groups in total. The number of ether oxygens (including phenoxy) is 1. The number of esters is 1. The molecule has 1 aromatic rings. The number of pyridine rings is 1. The topological polar surface area (TPSA) is 80.3 Å². The van der Waals surface area contributed by atoms with E-state index in [0.29, 0.717) is 23.1 Å². The SMILES string of the molecule is CC[C@H](C)CNc1nc(/C=C/C(=O)OC)ccc1NC(C)=O. The highest BCUT2D eigenvalue weighted by atomic mass is 16.5. The van der Waals surface area contributed by atoms with Gasteiger partial charge in [-0.15, -0.1) is 0 Å². The van der Waals surface area contributed by atoms with E-state index in [1.54, 1.807) is 18.2 Å². The van der Waals surface area contributed by atoms with Gasteiger partial charge in [0.25, 0.3) is 0 Å². The average molecular weight is 305 g/mol. The van der Waals surface area contributed by atoms with Crippen molar-refractivity contribution in [2.45, 2.75) is 27.2 Å². The highest BCUT2D eigenvalue weighted by Gasteiger charge is 2.08. The minimum atomic E-state index is -0.443. The van der Waals surface area contributed by atoms with Crippen molar-refractivity contribution in [3.8, 4) is 0 Å². The first-order chi connectivity index (χ1) is 10.5. The smallest absolute Gasteiger partial charge is 0.330 e. The number of anilines is 2. The van der Waals surface area contributed by atoms with Gasteiger partial charge in [-0.1, -0.05) is 20.3 Å². The molecule has 0 bridgehead atoms. The van der Waals surface area contributed by atoms with E-state index in [1.165, 1.54) is 20.1 Å². The molecular weight excluding hydrogens is 282 g/mol. The molecule has 6 heteroatoms. The molecule has 6 nitrogen and oxygen atoms in total. The quantitative estimate of drug-likeness (QED) is 0.598. The van der Waals surface area contributed by atoms with Crippen LogP contribution in [-0.2, 0) is 14.3 Å². The Bertz CT molecular complexity index is 556. The summed E-state index contributed by atoms with van der Waals surface area (Å²) in [6.07, 6.45) is 3.92. The maximum atomic E-state index is 11.3. The molecule has 0 aliphatic carbocycles. The molecule has 120 valence electrons. The monoisotopic (exact) mass is 305 g/mol. The van der Waals surface area contributed by atoms with E-state index >= 15 is 0 Å². The number of aromatic nitrogens is 1. The second-order valence-corrected chi connectivity index (χ2v) is 5.06. The lowest BCUT2D eigenvalue weighted by atomic mass is 10.1. The van der Waals surface area contributed by atoms with Crippen LogP contribution in [0.15, 0.2) is 18.2 Å². The summed E-state index contributed by atoms with van der Waals surface area (Å²) in [4.78, 5) is 26.8. The maximum Gasteiger partial charge on any atom is 0.330 e. The van der Waals surface area contributed by atoms with Crippen molar-refractivity contribution in [1.82, 2.24) is 4.98 Å². The molecule has 0 spiro atoms. The maximum absolute atomic E-state index is 11.3. The summed E-state index contributed by atoms with van der Waals surface area (Å²) in [6.45, 7) is 6.44. The summed E-state index contributed by atoms with van der Waals surface area (Å²) in [7, 11) is 1.32. The fourth-order valence-electron chi connectivity index (χ4n) is 1.63. The van der Waals surface area contributed by atoms with Crippen LogP contribution >= 0.6 is 0 Å². The minimum absolute atomic E-state index is 0.161. The van der Waals surface area contributed by atoms with E-state index in [1.807, 2.05) is 0 Å². The molecule has 0 radical (unpaired) electrons. The van der Waals surface area contributed by atoms with Crippen LogP contribution in [0.4, 0.5) is 11.5 Å². The lowest BCUT2D eigenvalue weighted by molar-refractivity contribution is -0.134. The summed E-state index contributed by atoms with van der Waals surface area (Å²) in [5.41, 5.74) is 1.22. The summed E-state index contributed by atoms with van der Waals surface area (Å²) >= 11 is 0. The molecule has 0 aliphatic heterocycles. The first-order valence-electron chi connectivity index (χ1n) is 7.24. The zero-order valence-corrected chi connectivity index (χ0v) is 13.5. The number of hydrogen-bond donors (Lipinski definition) is 2. The zero-order chi connectivity index (χ0) is 16.5. The number of carbonyl (C=O) groups is 2. The zero-order valence-electron chi connectivity index (χ0n) is 13.5. The highest BCUT2D eigenvalue weighted by Crippen LogP contribution is 2.21. The van der Waals surface area contributed by atoms with Gasteiger partial charge in [0.05, 0.1) is 18.5 Å². The van der Waals surface area contributed by atoms with E-state index in [9.17, 15) is 9.59 Å². The van der Waals surface area contributed by atoms with Crippen LogP contribution in [0.1, 0.15) is 32.9 Å². The summed E-state index contributed by atoms with van der Waals surface area (Å²) in [6, 6.07) is 3.48. The molecule has 0 saturated heterocycles. The third kappa shape index (κ3) is 5.95. The normalized spacial score (nSPS) is 12.0. The van der Waals surface area contributed by atoms with Gasteiger partial charge in [-0.05, 0) is 24.1 Å². The van der Waals surface area contributed by atoms with Crippen LogP contribution in [0, 0.1) is 5.92 Å². The van der Waals surface area contributed by atoms with Gasteiger partial charge in [-0.3, -0.25) is 4.79 Å². The van der Waals surface area contributed by atoms with Crippen molar-refractivity contribution in [3.63, 3.8) is 0 Å². The number of amides is 1. The van der Waals surface area contributed by atoms with Gasteiger partial charge >= 0.3 is 5.97 Å². The Labute approximate surface area is 131 Å². The van der Waals surface area contributed by atoms with Crippen molar-refractivity contribution in [2.24, 2.45) is 5.92 Å². The van der Waals surface area contributed by atoms with Gasteiger partial charge in [-0.2, -0.15) is 0 Å². The molecule has 0 aromatic carbocycles. The Morgan fingerprint density at radius 2 is 2.14 bits per heavy atom. The molecule has 1 amide bonds. The average Bonchev–Trinajstić information content (AvgIpc) is 2.51. The summed E-state index contributed by atoms with van der Waals surface area (Å²) in [5.74, 6) is 0.469. The Hall–Kier alpha value is -2.37. The predicted octanol–water partition coefficient (Wildman–Crippen LogP) is 2.68. The molecule has 1 heterocycles. The van der Waals surface area contributed by atoms with Crippen molar-refractivity contribution in [2.75, 3.05) is 24.3 Å². The first kappa shape index (κ1) is 17.7. The number of carbonyl (C=O) groups excluding carboxylic acids is 2.